The zero-order valence-electron chi connectivity index (χ0n) is 12.6. The predicted molar refractivity (Wildman–Crippen MR) is 82.8 cm³/mol. The molecule has 4 heteroatoms. The molecular weight excluding hydrogens is 262 g/mol. The van der Waals surface area contributed by atoms with Crippen molar-refractivity contribution in [2.24, 2.45) is 7.05 Å². The van der Waals surface area contributed by atoms with Gasteiger partial charge in [0, 0.05) is 39.0 Å². The van der Waals surface area contributed by atoms with Gasteiger partial charge < -0.3 is 9.67 Å². The molecule has 0 saturated carbocycles. The molecule has 1 aromatic carbocycles. The second-order valence-corrected chi connectivity index (χ2v) is 6.16. The van der Waals surface area contributed by atoms with Crippen molar-refractivity contribution in [1.82, 2.24) is 14.5 Å². The van der Waals surface area contributed by atoms with Gasteiger partial charge in [-0.2, -0.15) is 0 Å². The zero-order chi connectivity index (χ0) is 14.7. The molecule has 1 saturated heterocycles. The molecule has 4 nitrogen and oxygen atoms in total. The summed E-state index contributed by atoms with van der Waals surface area (Å²) in [5.41, 5.74) is 0.644. The minimum atomic E-state index is -0.661. The van der Waals surface area contributed by atoms with Crippen molar-refractivity contribution in [2.75, 3.05) is 13.1 Å². The number of hydrogen-bond donors (Lipinski definition) is 1. The number of aryl methyl sites for hydroxylation is 1. The normalized spacial score (nSPS) is 23.3. The molecule has 1 N–H and O–H groups in total. The molecule has 0 spiro atoms. The topological polar surface area (TPSA) is 41.3 Å². The average Bonchev–Trinajstić information content (AvgIpc) is 2.85. The standard InChI is InChI=1S/C17H23N3O/c1-19-11-9-18-16(19)12-17(21)8-5-10-20(14-17)13-15-6-3-2-4-7-15/h2-4,6-7,9,11,21H,5,8,10,12-14H2,1H3. The van der Waals surface area contributed by atoms with Crippen LogP contribution in [0.4, 0.5) is 0 Å². The largest absolute Gasteiger partial charge is 0.388 e. The number of rotatable bonds is 4. The zero-order valence-corrected chi connectivity index (χ0v) is 12.6. The molecular formula is C17H23N3O. The Kier molecular flexibility index (Phi) is 4.08. The van der Waals surface area contributed by atoms with E-state index in [1.807, 2.05) is 23.9 Å². The summed E-state index contributed by atoms with van der Waals surface area (Å²) in [6, 6.07) is 10.5. The third-order valence-electron chi connectivity index (χ3n) is 4.29. The van der Waals surface area contributed by atoms with Crippen molar-refractivity contribution in [3.05, 3.63) is 54.1 Å². The number of likely N-dealkylation sites (tertiary alicyclic amines) is 1. The number of benzene rings is 1. The van der Waals surface area contributed by atoms with Crippen LogP contribution in [-0.4, -0.2) is 38.2 Å². The van der Waals surface area contributed by atoms with Gasteiger partial charge >= 0.3 is 0 Å². The summed E-state index contributed by atoms with van der Waals surface area (Å²) in [5.74, 6) is 0.957. The number of hydrogen-bond acceptors (Lipinski definition) is 3. The highest BCUT2D eigenvalue weighted by Crippen LogP contribution is 2.25. The fraction of sp³-hybridized carbons (Fsp3) is 0.471. The minimum Gasteiger partial charge on any atom is -0.388 e. The number of β-amino-alcohol motifs (C(OH)–C–C–N with tert-alkyl or cyclic N) is 1. The van der Waals surface area contributed by atoms with Crippen LogP contribution in [0.3, 0.4) is 0 Å². The number of piperidine rings is 1. The number of aliphatic hydroxyl groups is 1. The molecule has 0 amide bonds. The van der Waals surface area contributed by atoms with Gasteiger partial charge in [0.05, 0.1) is 5.60 Å². The maximum absolute atomic E-state index is 10.9. The SMILES string of the molecule is Cn1ccnc1CC1(O)CCCN(Cc2ccccc2)C1. The summed E-state index contributed by atoms with van der Waals surface area (Å²) >= 11 is 0. The van der Waals surface area contributed by atoms with Crippen LogP contribution in [0.5, 0.6) is 0 Å². The van der Waals surface area contributed by atoms with Crippen LogP contribution < -0.4 is 0 Å². The van der Waals surface area contributed by atoms with Gasteiger partial charge in [-0.1, -0.05) is 30.3 Å². The van der Waals surface area contributed by atoms with Gasteiger partial charge in [0.2, 0.25) is 0 Å². The minimum absolute atomic E-state index is 0.627. The second kappa shape index (κ2) is 6.00. The third-order valence-corrected chi connectivity index (χ3v) is 4.29. The van der Waals surface area contributed by atoms with Gasteiger partial charge in [-0.3, -0.25) is 4.90 Å². The lowest BCUT2D eigenvalue weighted by Crippen LogP contribution is -2.49. The van der Waals surface area contributed by atoms with Crippen LogP contribution in [0.15, 0.2) is 42.7 Å². The van der Waals surface area contributed by atoms with Crippen molar-refractivity contribution >= 4 is 0 Å². The highest BCUT2D eigenvalue weighted by atomic mass is 16.3. The van der Waals surface area contributed by atoms with Gasteiger partial charge in [0.15, 0.2) is 0 Å². The maximum atomic E-state index is 10.9. The Morgan fingerprint density at radius 3 is 2.81 bits per heavy atom. The quantitative estimate of drug-likeness (QED) is 0.934. The van der Waals surface area contributed by atoms with Crippen molar-refractivity contribution in [3.63, 3.8) is 0 Å². The van der Waals surface area contributed by atoms with Crippen molar-refractivity contribution in [1.29, 1.82) is 0 Å². The monoisotopic (exact) mass is 285 g/mol. The van der Waals surface area contributed by atoms with E-state index in [9.17, 15) is 5.11 Å². The van der Waals surface area contributed by atoms with Crippen molar-refractivity contribution < 1.29 is 5.11 Å². The Hall–Kier alpha value is -1.65. The lowest BCUT2D eigenvalue weighted by Gasteiger charge is -2.39. The summed E-state index contributed by atoms with van der Waals surface area (Å²) in [6.45, 7) is 2.68. The highest BCUT2D eigenvalue weighted by Gasteiger charge is 2.34. The van der Waals surface area contributed by atoms with Gasteiger partial charge in [-0.25, -0.2) is 4.98 Å². The van der Waals surface area contributed by atoms with E-state index in [2.05, 4.69) is 34.1 Å². The molecule has 112 valence electrons. The summed E-state index contributed by atoms with van der Waals surface area (Å²) in [6.07, 6.45) is 6.24. The molecule has 1 atom stereocenters. The van der Waals surface area contributed by atoms with Gasteiger partial charge in [-0.05, 0) is 24.9 Å². The van der Waals surface area contributed by atoms with Crippen LogP contribution in [-0.2, 0) is 20.0 Å². The molecule has 1 aliphatic rings. The number of aromatic nitrogens is 2. The smallest absolute Gasteiger partial charge is 0.111 e. The average molecular weight is 285 g/mol. The van der Waals surface area contributed by atoms with E-state index < -0.39 is 5.60 Å². The number of imidazole rings is 1. The summed E-state index contributed by atoms with van der Waals surface area (Å²) in [5, 5.41) is 10.9. The van der Waals surface area contributed by atoms with Gasteiger partial charge in [0.25, 0.3) is 0 Å². The van der Waals surface area contributed by atoms with E-state index in [1.165, 1.54) is 5.56 Å². The fourth-order valence-corrected chi connectivity index (χ4v) is 3.19. The number of nitrogens with zero attached hydrogens (tertiary/aromatic N) is 3. The van der Waals surface area contributed by atoms with Crippen LogP contribution >= 0.6 is 0 Å². The Morgan fingerprint density at radius 2 is 2.10 bits per heavy atom. The van der Waals surface area contributed by atoms with E-state index >= 15 is 0 Å². The van der Waals surface area contributed by atoms with Crippen molar-refractivity contribution in [3.8, 4) is 0 Å². The molecule has 21 heavy (non-hydrogen) atoms. The third kappa shape index (κ3) is 3.52. The van der Waals surface area contributed by atoms with E-state index in [1.54, 1.807) is 6.20 Å². The summed E-state index contributed by atoms with van der Waals surface area (Å²) in [7, 11) is 1.98. The first kappa shape index (κ1) is 14.3. The highest BCUT2D eigenvalue weighted by molar-refractivity contribution is 5.15. The first-order valence-corrected chi connectivity index (χ1v) is 7.59. The van der Waals surface area contributed by atoms with Gasteiger partial charge in [0.1, 0.15) is 5.82 Å². The molecule has 0 aliphatic carbocycles. The Balaban J connectivity index is 1.66. The lowest BCUT2D eigenvalue weighted by atomic mass is 9.89. The molecule has 2 heterocycles. The van der Waals surface area contributed by atoms with Gasteiger partial charge in [-0.15, -0.1) is 0 Å². The van der Waals surface area contributed by atoms with Crippen LogP contribution in [0.1, 0.15) is 24.2 Å². The molecule has 1 aliphatic heterocycles. The lowest BCUT2D eigenvalue weighted by molar-refractivity contribution is -0.0344. The molecule has 1 fully saturated rings. The molecule has 1 unspecified atom stereocenters. The van der Waals surface area contributed by atoms with E-state index in [4.69, 9.17) is 0 Å². The first-order chi connectivity index (χ1) is 10.1. The molecule has 1 aromatic heterocycles. The molecule has 0 bridgehead atoms. The fourth-order valence-electron chi connectivity index (χ4n) is 3.19. The van der Waals surface area contributed by atoms with Crippen LogP contribution in [0, 0.1) is 0 Å². The Bertz CT molecular complexity index is 581. The second-order valence-electron chi connectivity index (χ2n) is 6.16. The van der Waals surface area contributed by atoms with E-state index in [0.29, 0.717) is 6.42 Å². The molecule has 2 aromatic rings. The van der Waals surface area contributed by atoms with E-state index in [0.717, 1.165) is 38.3 Å². The summed E-state index contributed by atoms with van der Waals surface area (Å²) in [4.78, 5) is 6.70. The van der Waals surface area contributed by atoms with Crippen LogP contribution in [0.2, 0.25) is 0 Å². The van der Waals surface area contributed by atoms with E-state index in [-0.39, 0.29) is 0 Å². The summed E-state index contributed by atoms with van der Waals surface area (Å²) < 4.78 is 1.99. The first-order valence-electron chi connectivity index (χ1n) is 7.59. The molecule has 0 radical (unpaired) electrons. The van der Waals surface area contributed by atoms with Crippen molar-refractivity contribution in [2.45, 2.75) is 31.4 Å². The Morgan fingerprint density at radius 1 is 1.29 bits per heavy atom. The predicted octanol–water partition coefficient (Wildman–Crippen LogP) is 1.99. The molecule has 3 rings (SSSR count). The maximum Gasteiger partial charge on any atom is 0.111 e. The van der Waals surface area contributed by atoms with Crippen LogP contribution in [0.25, 0.3) is 0 Å². The Labute approximate surface area is 126 Å².